The molecule has 1 aromatic heterocycles. The van der Waals surface area contributed by atoms with Crippen LogP contribution in [-0.4, -0.2) is 30.1 Å². The highest BCUT2D eigenvalue weighted by Gasteiger charge is 2.29. The van der Waals surface area contributed by atoms with Gasteiger partial charge in [0.2, 0.25) is 0 Å². The Morgan fingerprint density at radius 2 is 2.30 bits per heavy atom. The largest absolute Gasteiger partial charge is 0.460 e. The van der Waals surface area contributed by atoms with Crippen molar-refractivity contribution in [3.05, 3.63) is 48.4 Å². The molecule has 0 aliphatic carbocycles. The molecule has 0 spiro atoms. The maximum Gasteiger partial charge on any atom is 0.415 e. The van der Waals surface area contributed by atoms with Crippen molar-refractivity contribution in [2.75, 3.05) is 13.1 Å². The first-order chi connectivity index (χ1) is 11.1. The van der Waals surface area contributed by atoms with Crippen molar-refractivity contribution < 1.29 is 13.9 Å². The molecule has 1 aliphatic heterocycles. The molecular weight excluding hydrogens is 292 g/mol. The van der Waals surface area contributed by atoms with Gasteiger partial charge < -0.3 is 19.4 Å². The minimum Gasteiger partial charge on any atom is -0.460 e. The number of ether oxygens (including phenoxy) is 1. The van der Waals surface area contributed by atoms with Gasteiger partial charge in [-0.05, 0) is 31.9 Å². The minimum atomic E-state index is -0.300. The number of carbonyl (C=O) groups is 1. The summed E-state index contributed by atoms with van der Waals surface area (Å²) < 4.78 is 10.9. The van der Waals surface area contributed by atoms with E-state index in [1.807, 2.05) is 30.3 Å². The number of likely N-dealkylation sites (tertiary alicyclic amines) is 1. The van der Waals surface area contributed by atoms with Crippen LogP contribution in [0.1, 0.15) is 25.5 Å². The number of carbonyl (C=O) groups excluding carboxylic acids is 1. The summed E-state index contributed by atoms with van der Waals surface area (Å²) >= 11 is 0. The Bertz CT molecular complexity index is 674. The molecule has 1 atom stereocenters. The number of para-hydroxylation sites is 1. The highest BCUT2D eigenvalue weighted by molar-refractivity contribution is 5.77. The van der Waals surface area contributed by atoms with Gasteiger partial charge in [0, 0.05) is 24.5 Å². The predicted octanol–water partition coefficient (Wildman–Crippen LogP) is 3.66. The first-order valence-corrected chi connectivity index (χ1v) is 7.95. The van der Waals surface area contributed by atoms with Crippen LogP contribution in [0.15, 0.2) is 47.1 Å². The van der Waals surface area contributed by atoms with E-state index in [4.69, 9.17) is 9.15 Å². The highest BCUT2D eigenvalue weighted by atomic mass is 16.6. The van der Waals surface area contributed by atoms with Crippen molar-refractivity contribution >= 4 is 17.1 Å². The zero-order valence-corrected chi connectivity index (χ0v) is 13.4. The van der Waals surface area contributed by atoms with E-state index in [9.17, 15) is 4.79 Å². The van der Waals surface area contributed by atoms with E-state index in [2.05, 4.69) is 11.9 Å². The number of hydrogen-bond donors (Lipinski definition) is 1. The van der Waals surface area contributed by atoms with Crippen molar-refractivity contribution in [3.63, 3.8) is 0 Å². The second-order valence-corrected chi connectivity index (χ2v) is 5.94. The van der Waals surface area contributed by atoms with E-state index in [-0.39, 0.29) is 12.1 Å². The van der Waals surface area contributed by atoms with Gasteiger partial charge in [-0.2, -0.15) is 0 Å². The molecule has 3 rings (SSSR count). The first kappa shape index (κ1) is 15.6. The highest BCUT2D eigenvalue weighted by Crippen LogP contribution is 2.20. The Hall–Kier alpha value is -2.27. The summed E-state index contributed by atoms with van der Waals surface area (Å²) in [5.41, 5.74) is 0.900. The maximum atomic E-state index is 12.0. The molecule has 1 saturated heterocycles. The normalized spacial score (nSPS) is 17.6. The number of fused-ring (bicyclic) bond motifs is 1. The molecule has 0 radical (unpaired) electrons. The van der Waals surface area contributed by atoms with Crippen LogP contribution in [0.2, 0.25) is 0 Å². The Kier molecular flexibility index (Phi) is 4.67. The third kappa shape index (κ3) is 3.74. The molecule has 23 heavy (non-hydrogen) atoms. The summed E-state index contributed by atoms with van der Waals surface area (Å²) in [6.07, 6.45) is 1.69. The zero-order chi connectivity index (χ0) is 16.2. The number of nitrogens with zero attached hydrogens (tertiary/aromatic N) is 1. The molecule has 0 unspecified atom stereocenters. The summed E-state index contributed by atoms with van der Waals surface area (Å²) in [4.78, 5) is 13.8. The molecule has 1 N–H and O–H groups in total. The second-order valence-electron chi connectivity index (χ2n) is 5.94. The molecule has 0 bridgehead atoms. The Balaban J connectivity index is 1.53. The summed E-state index contributed by atoms with van der Waals surface area (Å²) in [6.45, 7) is 7.41. The van der Waals surface area contributed by atoms with Crippen LogP contribution in [0.4, 0.5) is 4.79 Å². The summed E-state index contributed by atoms with van der Waals surface area (Å²) in [5, 5.41) is 4.49. The lowest BCUT2D eigenvalue weighted by molar-refractivity contribution is 0.123. The van der Waals surface area contributed by atoms with Crippen molar-refractivity contribution in [2.45, 2.75) is 32.4 Å². The molecular formula is C18H22N2O3. The van der Waals surface area contributed by atoms with E-state index in [1.54, 1.807) is 11.8 Å². The molecule has 5 heteroatoms. The predicted molar refractivity (Wildman–Crippen MR) is 88.9 cm³/mol. The van der Waals surface area contributed by atoms with Crippen molar-refractivity contribution in [3.8, 4) is 0 Å². The molecule has 5 nitrogen and oxygen atoms in total. The Labute approximate surface area is 135 Å². The van der Waals surface area contributed by atoms with E-state index >= 15 is 0 Å². The number of amides is 1. The Morgan fingerprint density at radius 3 is 3.09 bits per heavy atom. The van der Waals surface area contributed by atoms with Gasteiger partial charge in [-0.15, -0.1) is 0 Å². The topological polar surface area (TPSA) is 54.7 Å². The van der Waals surface area contributed by atoms with Crippen molar-refractivity contribution in [2.24, 2.45) is 0 Å². The minimum absolute atomic E-state index is 0.159. The van der Waals surface area contributed by atoms with E-state index in [1.165, 1.54) is 0 Å². The lowest BCUT2D eigenvalue weighted by Crippen LogP contribution is -2.41. The third-order valence-corrected chi connectivity index (χ3v) is 4.03. The number of furan rings is 1. The van der Waals surface area contributed by atoms with Gasteiger partial charge in [-0.1, -0.05) is 24.8 Å². The summed E-state index contributed by atoms with van der Waals surface area (Å²) in [7, 11) is 0. The van der Waals surface area contributed by atoms with Gasteiger partial charge in [0.15, 0.2) is 0 Å². The zero-order valence-electron chi connectivity index (χ0n) is 13.4. The van der Waals surface area contributed by atoms with Crippen LogP contribution >= 0.6 is 0 Å². The van der Waals surface area contributed by atoms with Gasteiger partial charge in [-0.3, -0.25) is 0 Å². The molecule has 1 amide bonds. The molecule has 1 aliphatic rings. The molecule has 1 aromatic carbocycles. The number of nitrogens with one attached hydrogen (secondary N) is 1. The van der Waals surface area contributed by atoms with E-state index in [0.717, 1.165) is 42.7 Å². The van der Waals surface area contributed by atoms with Gasteiger partial charge in [0.1, 0.15) is 11.3 Å². The van der Waals surface area contributed by atoms with Crippen LogP contribution in [-0.2, 0) is 11.3 Å². The van der Waals surface area contributed by atoms with Gasteiger partial charge in [-0.25, -0.2) is 4.79 Å². The Morgan fingerprint density at radius 1 is 1.48 bits per heavy atom. The molecule has 122 valence electrons. The standard InChI is InChI=1S/C18H22N2O3/c1-13(2)22-18(21)20-9-5-7-15(20)11-19-12-16-10-14-6-3-4-8-17(14)23-16/h3-4,6,8,10,15,19H,1,5,7,9,11-12H2,2H3/t15-/m0/s1. The van der Waals surface area contributed by atoms with Gasteiger partial charge >= 0.3 is 6.09 Å². The fraction of sp³-hybridized carbons (Fsp3) is 0.389. The lowest BCUT2D eigenvalue weighted by Gasteiger charge is -2.24. The summed E-state index contributed by atoms with van der Waals surface area (Å²) in [5.74, 6) is 1.33. The van der Waals surface area contributed by atoms with Crippen LogP contribution in [0.25, 0.3) is 11.0 Å². The molecule has 0 saturated carbocycles. The average Bonchev–Trinajstić information content (AvgIpc) is 3.12. The number of hydrogen-bond acceptors (Lipinski definition) is 4. The fourth-order valence-electron chi connectivity index (χ4n) is 2.98. The third-order valence-electron chi connectivity index (χ3n) is 4.03. The van der Waals surface area contributed by atoms with Crippen LogP contribution in [0, 0.1) is 0 Å². The van der Waals surface area contributed by atoms with Gasteiger partial charge in [0.25, 0.3) is 0 Å². The lowest BCUT2D eigenvalue weighted by atomic mass is 10.2. The van der Waals surface area contributed by atoms with Crippen LogP contribution in [0.5, 0.6) is 0 Å². The molecule has 2 heterocycles. The fourth-order valence-corrected chi connectivity index (χ4v) is 2.98. The maximum absolute atomic E-state index is 12.0. The van der Waals surface area contributed by atoms with E-state index in [0.29, 0.717) is 12.3 Å². The average molecular weight is 314 g/mol. The smallest absolute Gasteiger partial charge is 0.415 e. The van der Waals surface area contributed by atoms with Crippen molar-refractivity contribution in [1.29, 1.82) is 0 Å². The number of rotatable bonds is 5. The quantitative estimate of drug-likeness (QED) is 0.856. The summed E-state index contributed by atoms with van der Waals surface area (Å²) in [6, 6.07) is 10.2. The van der Waals surface area contributed by atoms with Crippen LogP contribution < -0.4 is 5.32 Å². The van der Waals surface area contributed by atoms with Gasteiger partial charge in [0.05, 0.1) is 12.3 Å². The van der Waals surface area contributed by atoms with Crippen LogP contribution in [0.3, 0.4) is 0 Å². The SMILES string of the molecule is C=C(C)OC(=O)N1CCC[C@H]1CNCc1cc2ccccc2o1. The van der Waals surface area contributed by atoms with Crippen molar-refractivity contribution in [1.82, 2.24) is 10.2 Å². The number of allylic oxidation sites excluding steroid dienone is 1. The first-order valence-electron chi connectivity index (χ1n) is 7.95. The number of benzene rings is 1. The molecule has 2 aromatic rings. The monoisotopic (exact) mass is 314 g/mol. The molecule has 1 fully saturated rings. The van der Waals surface area contributed by atoms with E-state index < -0.39 is 0 Å². The second kappa shape index (κ2) is 6.87.